The highest BCUT2D eigenvalue weighted by Crippen LogP contribution is 2.16. The number of carbonyl (C=O) groups is 2. The summed E-state index contributed by atoms with van der Waals surface area (Å²) in [5.74, 6) is 0. The number of nitrogens with one attached hydrogen (secondary N) is 1. The average molecular weight is 306 g/mol. The molecule has 22 heavy (non-hydrogen) atoms. The van der Waals surface area contributed by atoms with Crippen LogP contribution in [0, 0.1) is 0 Å². The summed E-state index contributed by atoms with van der Waals surface area (Å²) >= 11 is 0. The zero-order valence-electron chi connectivity index (χ0n) is 13.2. The lowest BCUT2D eigenvalue weighted by Crippen LogP contribution is -2.51. The van der Waals surface area contributed by atoms with Crippen molar-refractivity contribution in [3.05, 3.63) is 24.3 Å². The van der Waals surface area contributed by atoms with Gasteiger partial charge in [0, 0.05) is 51.6 Å². The summed E-state index contributed by atoms with van der Waals surface area (Å²) in [4.78, 5) is 28.9. The maximum atomic E-state index is 12.2. The first kappa shape index (κ1) is 15.9. The Labute approximate surface area is 130 Å². The molecule has 1 fully saturated rings. The molecule has 1 heterocycles. The minimum Gasteiger partial charge on any atom is -0.453 e. The van der Waals surface area contributed by atoms with Gasteiger partial charge in [0.25, 0.3) is 0 Å². The van der Waals surface area contributed by atoms with Crippen LogP contribution < -0.4 is 10.2 Å². The SMILES string of the molecule is COC(=O)N1CCN(C(=O)Nc2ccc(N(C)C)cc2)CC1. The highest BCUT2D eigenvalue weighted by atomic mass is 16.5. The molecule has 0 saturated carbocycles. The maximum Gasteiger partial charge on any atom is 0.409 e. The van der Waals surface area contributed by atoms with E-state index >= 15 is 0 Å². The molecular weight excluding hydrogens is 284 g/mol. The third kappa shape index (κ3) is 3.81. The predicted octanol–water partition coefficient (Wildman–Crippen LogP) is 1.67. The Hall–Kier alpha value is -2.44. The fraction of sp³-hybridized carbons (Fsp3) is 0.467. The lowest BCUT2D eigenvalue weighted by Gasteiger charge is -2.33. The lowest BCUT2D eigenvalue weighted by atomic mass is 10.2. The zero-order valence-corrected chi connectivity index (χ0v) is 13.2. The van der Waals surface area contributed by atoms with Crippen LogP contribution in [0.5, 0.6) is 0 Å². The molecule has 0 atom stereocenters. The van der Waals surface area contributed by atoms with Crippen molar-refractivity contribution in [1.29, 1.82) is 0 Å². The number of amides is 3. The van der Waals surface area contributed by atoms with Gasteiger partial charge in [-0.2, -0.15) is 0 Å². The van der Waals surface area contributed by atoms with Gasteiger partial charge in [0.2, 0.25) is 0 Å². The van der Waals surface area contributed by atoms with Crippen LogP contribution in [0.3, 0.4) is 0 Å². The molecule has 3 amide bonds. The van der Waals surface area contributed by atoms with Gasteiger partial charge in [0.05, 0.1) is 7.11 Å². The van der Waals surface area contributed by atoms with Crippen molar-refractivity contribution < 1.29 is 14.3 Å². The minimum atomic E-state index is -0.348. The third-order valence-corrected chi connectivity index (χ3v) is 3.63. The summed E-state index contributed by atoms with van der Waals surface area (Å²) < 4.78 is 4.68. The largest absolute Gasteiger partial charge is 0.453 e. The fourth-order valence-electron chi connectivity index (χ4n) is 2.27. The van der Waals surface area contributed by atoms with Gasteiger partial charge in [-0.05, 0) is 24.3 Å². The van der Waals surface area contributed by atoms with Gasteiger partial charge in [-0.25, -0.2) is 9.59 Å². The van der Waals surface area contributed by atoms with Crippen LogP contribution in [0.2, 0.25) is 0 Å². The number of hydrogen-bond acceptors (Lipinski definition) is 4. The third-order valence-electron chi connectivity index (χ3n) is 3.63. The van der Waals surface area contributed by atoms with Crippen molar-refractivity contribution in [2.45, 2.75) is 0 Å². The van der Waals surface area contributed by atoms with Crippen LogP contribution in [-0.4, -0.2) is 69.3 Å². The Kier molecular flexibility index (Phi) is 5.08. The van der Waals surface area contributed by atoms with Crippen molar-refractivity contribution >= 4 is 23.5 Å². The number of benzene rings is 1. The average Bonchev–Trinajstić information content (AvgIpc) is 2.54. The quantitative estimate of drug-likeness (QED) is 0.902. The number of anilines is 2. The van der Waals surface area contributed by atoms with E-state index in [0.717, 1.165) is 11.4 Å². The summed E-state index contributed by atoms with van der Waals surface area (Å²) in [6.07, 6.45) is -0.348. The topological polar surface area (TPSA) is 65.1 Å². The number of hydrogen-bond donors (Lipinski definition) is 1. The first-order valence-corrected chi connectivity index (χ1v) is 7.17. The molecule has 7 nitrogen and oxygen atoms in total. The van der Waals surface area contributed by atoms with E-state index in [1.807, 2.05) is 43.3 Å². The Morgan fingerprint density at radius 3 is 2.09 bits per heavy atom. The standard InChI is InChI=1S/C15H22N4O3/c1-17(2)13-6-4-12(5-7-13)16-14(20)18-8-10-19(11-9-18)15(21)22-3/h4-7H,8-11H2,1-3H3,(H,16,20). The second-order valence-electron chi connectivity index (χ2n) is 5.32. The molecule has 0 radical (unpaired) electrons. The van der Waals surface area contributed by atoms with E-state index in [1.165, 1.54) is 7.11 Å². The molecule has 120 valence electrons. The van der Waals surface area contributed by atoms with Crippen molar-refractivity contribution in [2.75, 3.05) is 57.6 Å². The van der Waals surface area contributed by atoms with E-state index in [4.69, 9.17) is 0 Å². The van der Waals surface area contributed by atoms with Crippen LogP contribution in [0.4, 0.5) is 21.0 Å². The van der Waals surface area contributed by atoms with Gasteiger partial charge in [0.15, 0.2) is 0 Å². The number of piperazine rings is 1. The number of nitrogens with zero attached hydrogens (tertiary/aromatic N) is 3. The molecule has 0 aromatic heterocycles. The van der Waals surface area contributed by atoms with Crippen LogP contribution >= 0.6 is 0 Å². The smallest absolute Gasteiger partial charge is 0.409 e. The van der Waals surface area contributed by atoms with Crippen LogP contribution in [0.15, 0.2) is 24.3 Å². The predicted molar refractivity (Wildman–Crippen MR) is 85.3 cm³/mol. The highest BCUT2D eigenvalue weighted by Gasteiger charge is 2.24. The Balaban J connectivity index is 1.87. The van der Waals surface area contributed by atoms with Crippen molar-refractivity contribution in [2.24, 2.45) is 0 Å². The number of rotatable bonds is 2. The normalized spacial score (nSPS) is 14.5. The molecule has 0 aliphatic carbocycles. The second kappa shape index (κ2) is 7.02. The van der Waals surface area contributed by atoms with Gasteiger partial charge in [0.1, 0.15) is 0 Å². The molecule has 0 spiro atoms. The van der Waals surface area contributed by atoms with E-state index in [-0.39, 0.29) is 12.1 Å². The zero-order chi connectivity index (χ0) is 16.1. The minimum absolute atomic E-state index is 0.151. The van der Waals surface area contributed by atoms with E-state index in [2.05, 4.69) is 10.1 Å². The molecular formula is C15H22N4O3. The first-order chi connectivity index (χ1) is 10.5. The molecule has 1 N–H and O–H groups in total. The molecule has 1 aromatic carbocycles. The van der Waals surface area contributed by atoms with Gasteiger partial charge >= 0.3 is 12.1 Å². The van der Waals surface area contributed by atoms with E-state index in [0.29, 0.717) is 26.2 Å². The number of ether oxygens (including phenoxy) is 1. The Morgan fingerprint density at radius 2 is 1.59 bits per heavy atom. The van der Waals surface area contributed by atoms with Gasteiger partial charge in [-0.3, -0.25) is 0 Å². The highest BCUT2D eigenvalue weighted by molar-refractivity contribution is 5.89. The second-order valence-corrected chi connectivity index (χ2v) is 5.32. The summed E-state index contributed by atoms with van der Waals surface area (Å²) in [6, 6.07) is 7.49. The summed E-state index contributed by atoms with van der Waals surface area (Å²) in [5, 5.41) is 2.87. The Bertz CT molecular complexity index is 522. The number of urea groups is 1. The van der Waals surface area contributed by atoms with Gasteiger partial charge in [-0.1, -0.05) is 0 Å². The Morgan fingerprint density at radius 1 is 1.05 bits per heavy atom. The molecule has 7 heteroatoms. The first-order valence-electron chi connectivity index (χ1n) is 7.17. The molecule has 0 unspecified atom stereocenters. The molecule has 1 aromatic rings. The van der Waals surface area contributed by atoms with Gasteiger partial charge in [-0.15, -0.1) is 0 Å². The van der Waals surface area contributed by atoms with Crippen molar-refractivity contribution in [3.8, 4) is 0 Å². The molecule has 1 aliphatic rings. The molecule has 1 aliphatic heterocycles. The summed E-state index contributed by atoms with van der Waals surface area (Å²) in [5.41, 5.74) is 1.83. The monoisotopic (exact) mass is 306 g/mol. The summed E-state index contributed by atoms with van der Waals surface area (Å²) in [7, 11) is 5.29. The van der Waals surface area contributed by atoms with E-state index in [9.17, 15) is 9.59 Å². The van der Waals surface area contributed by atoms with Gasteiger partial charge < -0.3 is 24.8 Å². The van der Waals surface area contributed by atoms with Crippen molar-refractivity contribution in [1.82, 2.24) is 9.80 Å². The summed E-state index contributed by atoms with van der Waals surface area (Å²) in [6.45, 7) is 1.97. The van der Waals surface area contributed by atoms with Crippen LogP contribution in [0.25, 0.3) is 0 Å². The maximum absolute atomic E-state index is 12.2. The van der Waals surface area contributed by atoms with Crippen LogP contribution in [-0.2, 0) is 4.74 Å². The van der Waals surface area contributed by atoms with E-state index < -0.39 is 0 Å². The van der Waals surface area contributed by atoms with Crippen LogP contribution in [0.1, 0.15) is 0 Å². The number of carbonyl (C=O) groups excluding carboxylic acids is 2. The fourth-order valence-corrected chi connectivity index (χ4v) is 2.27. The van der Waals surface area contributed by atoms with E-state index in [1.54, 1.807) is 9.80 Å². The van der Waals surface area contributed by atoms with Crippen molar-refractivity contribution in [3.63, 3.8) is 0 Å². The molecule has 0 bridgehead atoms. The molecule has 2 rings (SSSR count). The lowest BCUT2D eigenvalue weighted by molar-refractivity contribution is 0.0993. The number of methoxy groups -OCH3 is 1. The molecule has 1 saturated heterocycles.